The number of piperidine rings is 1. The fraction of sp³-hybridized carbons (Fsp3) is 0.350. The number of benzene rings is 2. The van der Waals surface area contributed by atoms with E-state index in [1.165, 1.54) is 24.3 Å². The van der Waals surface area contributed by atoms with Crippen molar-refractivity contribution in [2.75, 3.05) is 18.0 Å². The second-order valence-electron chi connectivity index (χ2n) is 6.57. The fourth-order valence-corrected chi connectivity index (χ4v) is 3.30. The minimum Gasteiger partial charge on any atom is -0.406 e. The Hall–Kier alpha value is -2.54. The normalized spacial score (nSPS) is 15.6. The Bertz CT molecular complexity index is 765. The molecule has 0 aliphatic carbocycles. The lowest BCUT2D eigenvalue weighted by Gasteiger charge is -2.33. The number of nitrogens with zero attached hydrogens (tertiary/aromatic N) is 1. The highest BCUT2D eigenvalue weighted by Gasteiger charge is 2.31. The van der Waals surface area contributed by atoms with E-state index in [4.69, 9.17) is 5.73 Å². The number of carbonyl (C=O) groups is 1. The molecule has 0 unspecified atom stereocenters. The molecule has 7 heteroatoms. The van der Waals surface area contributed by atoms with E-state index in [9.17, 15) is 18.0 Å². The van der Waals surface area contributed by atoms with Gasteiger partial charge in [-0.25, -0.2) is 0 Å². The Morgan fingerprint density at radius 2 is 1.63 bits per heavy atom. The molecule has 1 aliphatic rings. The molecule has 3 rings (SSSR count). The molecule has 0 atom stereocenters. The van der Waals surface area contributed by atoms with Gasteiger partial charge < -0.3 is 15.4 Å². The largest absolute Gasteiger partial charge is 0.573 e. The maximum absolute atomic E-state index is 12.6. The number of hydrogen-bond acceptors (Lipinski definition) is 4. The van der Waals surface area contributed by atoms with Crippen LogP contribution in [0.2, 0.25) is 0 Å². The van der Waals surface area contributed by atoms with Gasteiger partial charge in [0.05, 0.1) is 0 Å². The second-order valence-corrected chi connectivity index (χ2v) is 6.57. The van der Waals surface area contributed by atoms with E-state index in [1.807, 2.05) is 24.3 Å². The molecular weight excluding hydrogens is 357 g/mol. The van der Waals surface area contributed by atoms with Crippen LogP contribution in [0, 0.1) is 5.92 Å². The summed E-state index contributed by atoms with van der Waals surface area (Å²) in [5, 5.41) is 0. The average Bonchev–Trinajstić information content (AvgIpc) is 2.67. The van der Waals surface area contributed by atoms with Crippen molar-refractivity contribution in [2.24, 2.45) is 11.7 Å². The van der Waals surface area contributed by atoms with Crippen LogP contribution in [0.5, 0.6) is 5.75 Å². The summed E-state index contributed by atoms with van der Waals surface area (Å²) < 4.78 is 40.5. The molecule has 1 aliphatic heterocycles. The number of alkyl halides is 3. The molecule has 2 aromatic carbocycles. The number of carbonyl (C=O) groups excluding carboxylic acids is 1. The predicted octanol–water partition coefficient (Wildman–Crippen LogP) is 4.14. The van der Waals surface area contributed by atoms with Crippen LogP contribution < -0.4 is 15.4 Å². The van der Waals surface area contributed by atoms with Gasteiger partial charge in [-0.1, -0.05) is 12.1 Å². The van der Waals surface area contributed by atoms with Gasteiger partial charge in [-0.3, -0.25) is 4.79 Å². The number of hydrogen-bond donors (Lipinski definition) is 1. The zero-order chi connectivity index (χ0) is 19.4. The predicted molar refractivity (Wildman–Crippen MR) is 96.7 cm³/mol. The van der Waals surface area contributed by atoms with E-state index in [-0.39, 0.29) is 17.5 Å². The summed E-state index contributed by atoms with van der Waals surface area (Å²) in [7, 11) is 0. The molecular formula is C20H21F3N2O2. The summed E-state index contributed by atoms with van der Waals surface area (Å²) in [5.74, 6) is -0.486. The minimum absolute atomic E-state index is 0.0355. The summed E-state index contributed by atoms with van der Waals surface area (Å²) in [6, 6.07) is 13.2. The van der Waals surface area contributed by atoms with Crippen LogP contribution in [0.25, 0.3) is 0 Å². The monoisotopic (exact) mass is 378 g/mol. The van der Waals surface area contributed by atoms with Crippen molar-refractivity contribution in [1.29, 1.82) is 0 Å². The number of halogens is 3. The van der Waals surface area contributed by atoms with Crippen molar-refractivity contribution >= 4 is 11.5 Å². The summed E-state index contributed by atoms with van der Waals surface area (Å²) in [6.07, 6.45) is -3.32. The van der Waals surface area contributed by atoms with Crippen molar-refractivity contribution in [3.8, 4) is 5.75 Å². The molecule has 1 fully saturated rings. The first-order chi connectivity index (χ1) is 12.9. The highest BCUT2D eigenvalue weighted by atomic mass is 19.4. The van der Waals surface area contributed by atoms with E-state index < -0.39 is 6.36 Å². The number of nitrogens with two attached hydrogens (primary N) is 1. The Morgan fingerprint density at radius 3 is 2.15 bits per heavy atom. The molecule has 2 aromatic rings. The Morgan fingerprint density at radius 1 is 1.04 bits per heavy atom. The fourth-order valence-electron chi connectivity index (χ4n) is 3.30. The van der Waals surface area contributed by atoms with Crippen LogP contribution in [0.3, 0.4) is 0 Å². The van der Waals surface area contributed by atoms with E-state index >= 15 is 0 Å². The van der Waals surface area contributed by atoms with Crippen LogP contribution in [0.4, 0.5) is 18.9 Å². The highest BCUT2D eigenvalue weighted by molar-refractivity contribution is 5.98. The van der Waals surface area contributed by atoms with Crippen molar-refractivity contribution in [2.45, 2.75) is 25.7 Å². The van der Waals surface area contributed by atoms with Gasteiger partial charge >= 0.3 is 6.36 Å². The number of anilines is 1. The number of ketones is 1. The number of ether oxygens (including phenoxy) is 1. The Balaban J connectivity index is 1.57. The third-order valence-corrected chi connectivity index (χ3v) is 4.78. The quantitative estimate of drug-likeness (QED) is 0.795. The van der Waals surface area contributed by atoms with Crippen LogP contribution >= 0.6 is 0 Å². The van der Waals surface area contributed by atoms with Crippen molar-refractivity contribution in [3.05, 3.63) is 59.7 Å². The molecule has 0 saturated carbocycles. The molecule has 0 radical (unpaired) electrons. The van der Waals surface area contributed by atoms with Gasteiger partial charge in [-0.2, -0.15) is 0 Å². The van der Waals surface area contributed by atoms with Gasteiger partial charge in [-0.05, 0) is 54.8 Å². The van der Waals surface area contributed by atoms with E-state index in [2.05, 4.69) is 9.64 Å². The van der Waals surface area contributed by atoms with Crippen LogP contribution in [0.15, 0.2) is 48.5 Å². The van der Waals surface area contributed by atoms with E-state index in [1.54, 1.807) is 0 Å². The molecule has 0 amide bonds. The molecule has 2 N–H and O–H groups in total. The lowest BCUT2D eigenvalue weighted by atomic mass is 9.88. The van der Waals surface area contributed by atoms with Gasteiger partial charge in [0.2, 0.25) is 0 Å². The molecule has 144 valence electrons. The number of rotatable bonds is 5. The first-order valence-corrected chi connectivity index (χ1v) is 8.80. The Labute approximate surface area is 155 Å². The summed E-state index contributed by atoms with van der Waals surface area (Å²) in [4.78, 5) is 14.9. The average molecular weight is 378 g/mol. The number of Topliss-reactive ketones (excluding diaryl/α,β-unsaturated/α-hetero) is 1. The first kappa shape index (κ1) is 19.2. The van der Waals surface area contributed by atoms with Gasteiger partial charge in [0, 0.05) is 36.8 Å². The smallest absolute Gasteiger partial charge is 0.406 e. The second kappa shape index (κ2) is 8.00. The molecule has 1 saturated heterocycles. The zero-order valence-electron chi connectivity index (χ0n) is 14.7. The lowest BCUT2D eigenvalue weighted by Crippen LogP contribution is -2.36. The van der Waals surface area contributed by atoms with Crippen molar-refractivity contribution in [3.63, 3.8) is 0 Å². The van der Waals surface area contributed by atoms with E-state index in [0.717, 1.165) is 24.3 Å². The molecule has 0 spiro atoms. The summed E-state index contributed by atoms with van der Waals surface area (Å²) >= 11 is 0. The topological polar surface area (TPSA) is 55.6 Å². The maximum atomic E-state index is 12.6. The molecule has 27 heavy (non-hydrogen) atoms. The van der Waals surface area contributed by atoms with Gasteiger partial charge in [-0.15, -0.1) is 13.2 Å². The molecule has 0 bridgehead atoms. The lowest BCUT2D eigenvalue weighted by molar-refractivity contribution is -0.274. The third kappa shape index (κ3) is 5.01. The van der Waals surface area contributed by atoms with Crippen LogP contribution in [-0.2, 0) is 6.54 Å². The molecule has 1 heterocycles. The Kier molecular flexibility index (Phi) is 5.70. The van der Waals surface area contributed by atoms with Gasteiger partial charge in [0.25, 0.3) is 0 Å². The van der Waals surface area contributed by atoms with Gasteiger partial charge in [0.1, 0.15) is 5.75 Å². The summed E-state index contributed by atoms with van der Waals surface area (Å²) in [6.45, 7) is 2.02. The van der Waals surface area contributed by atoms with Crippen LogP contribution in [-0.4, -0.2) is 25.2 Å². The van der Waals surface area contributed by atoms with Crippen molar-refractivity contribution < 1.29 is 22.7 Å². The van der Waals surface area contributed by atoms with Crippen LogP contribution in [0.1, 0.15) is 28.8 Å². The molecule has 4 nitrogen and oxygen atoms in total. The first-order valence-electron chi connectivity index (χ1n) is 8.80. The molecule has 0 aromatic heterocycles. The van der Waals surface area contributed by atoms with Crippen molar-refractivity contribution in [1.82, 2.24) is 0 Å². The minimum atomic E-state index is -4.74. The SMILES string of the molecule is NCc1ccc(N2CCC(C(=O)c3ccc(OC(F)(F)F)cc3)CC2)cc1. The zero-order valence-corrected chi connectivity index (χ0v) is 14.7. The standard InChI is InChI=1S/C20H21F3N2O2/c21-20(22,23)27-18-7-3-15(4-8-18)19(26)16-9-11-25(12-10-16)17-5-1-14(13-24)2-6-17/h1-8,16H,9-13,24H2. The maximum Gasteiger partial charge on any atom is 0.573 e. The van der Waals surface area contributed by atoms with Gasteiger partial charge in [0.15, 0.2) is 5.78 Å². The summed E-state index contributed by atoms with van der Waals surface area (Å²) in [5.41, 5.74) is 8.20. The third-order valence-electron chi connectivity index (χ3n) is 4.78. The highest BCUT2D eigenvalue weighted by Crippen LogP contribution is 2.28. The van der Waals surface area contributed by atoms with E-state index in [0.29, 0.717) is 24.9 Å².